The molecule has 0 atom stereocenters. The molecule has 0 aliphatic heterocycles. The van der Waals surface area contributed by atoms with Gasteiger partial charge in [-0.1, -0.05) is 90.9 Å². The zero-order chi connectivity index (χ0) is 17.6. The van der Waals surface area contributed by atoms with E-state index in [9.17, 15) is 19.8 Å². The molecule has 0 rings (SSSR count). The Hall–Kier alpha value is 0.200. The second-order valence-corrected chi connectivity index (χ2v) is 6.73. The Labute approximate surface area is 180 Å². The number of carboxylic acid groups (broad SMARTS) is 2. The maximum Gasteiger partial charge on any atom is 2.00 e. The summed E-state index contributed by atoms with van der Waals surface area (Å²) in [7, 11) is 0. The molecule has 0 heterocycles. The maximum atomic E-state index is 11.6. The molecular weight excluding hydrogens is 332 g/mol. The van der Waals surface area contributed by atoms with Crippen LogP contribution in [0.4, 0.5) is 0 Å². The van der Waals surface area contributed by atoms with Crippen molar-refractivity contribution in [3.8, 4) is 0 Å². The van der Waals surface area contributed by atoms with Gasteiger partial charge in [0.15, 0.2) is 5.41 Å². The van der Waals surface area contributed by atoms with E-state index in [0.29, 0.717) is 12.8 Å². The van der Waals surface area contributed by atoms with E-state index in [0.717, 1.165) is 38.5 Å². The van der Waals surface area contributed by atoms with E-state index in [2.05, 4.69) is 13.8 Å². The molecule has 4 nitrogen and oxygen atoms in total. The van der Waals surface area contributed by atoms with Gasteiger partial charge in [-0.25, -0.2) is 0 Å². The van der Waals surface area contributed by atoms with Gasteiger partial charge in [-0.05, 0) is 12.8 Å². The van der Waals surface area contributed by atoms with Crippen LogP contribution in [0, 0.1) is 5.41 Å². The third-order valence-electron chi connectivity index (χ3n) is 4.73. The van der Waals surface area contributed by atoms with E-state index in [1.165, 1.54) is 25.7 Å². The quantitative estimate of drug-likeness (QED) is 0.214. The first-order chi connectivity index (χ1) is 11.0. The summed E-state index contributed by atoms with van der Waals surface area (Å²) in [6, 6.07) is 0. The predicted octanol–water partition coefficient (Wildman–Crippen LogP) is 5.49. The van der Waals surface area contributed by atoms with Gasteiger partial charge in [0.1, 0.15) is 0 Å². The molecule has 5 heteroatoms. The molecule has 0 aliphatic rings. The van der Waals surface area contributed by atoms with Crippen LogP contribution in [0.25, 0.3) is 0 Å². The summed E-state index contributed by atoms with van der Waals surface area (Å²) < 4.78 is 0. The van der Waals surface area contributed by atoms with Gasteiger partial charge < -0.3 is 13.1 Å². The van der Waals surface area contributed by atoms with E-state index in [1.54, 1.807) is 0 Å². The van der Waals surface area contributed by atoms with Crippen molar-refractivity contribution in [3.63, 3.8) is 0 Å². The van der Waals surface area contributed by atoms with Crippen molar-refractivity contribution in [1.29, 1.82) is 0 Å². The number of carboxylic acids is 2. The molecule has 0 aromatic carbocycles. The normalized spacial score (nSPS) is 11.1. The molecule has 0 aromatic heterocycles. The molecule has 0 unspecified atom stereocenters. The van der Waals surface area contributed by atoms with Crippen LogP contribution in [0.3, 0.4) is 0 Å². The molecule has 0 bridgehead atoms. The van der Waals surface area contributed by atoms with Crippen molar-refractivity contribution in [3.05, 3.63) is 0 Å². The number of carbonyl (C=O) groups is 2. The molecule has 0 saturated heterocycles. The Bertz CT molecular complexity index is 310. The average molecular weight is 371 g/mol. The van der Waals surface area contributed by atoms with Crippen LogP contribution < -0.4 is 0 Å². The SMILES string of the molecule is CCCCCCCCC(CCCCCCCC)(C(=O)O)C(=O)O.[Ca+2].[H-].[H-]. The van der Waals surface area contributed by atoms with Gasteiger partial charge in [-0.2, -0.15) is 0 Å². The van der Waals surface area contributed by atoms with Crippen molar-refractivity contribution in [2.75, 3.05) is 0 Å². The minimum atomic E-state index is -1.57. The topological polar surface area (TPSA) is 74.6 Å². The van der Waals surface area contributed by atoms with Crippen LogP contribution in [-0.2, 0) is 9.59 Å². The van der Waals surface area contributed by atoms with E-state index in [-0.39, 0.29) is 53.4 Å². The molecule has 0 fully saturated rings. The molecule has 0 saturated carbocycles. The van der Waals surface area contributed by atoms with Crippen LogP contribution >= 0.6 is 0 Å². The Morgan fingerprint density at radius 2 is 0.958 bits per heavy atom. The summed E-state index contributed by atoms with van der Waals surface area (Å²) in [5.41, 5.74) is -1.57. The van der Waals surface area contributed by atoms with E-state index in [1.807, 2.05) is 0 Å². The molecule has 0 spiro atoms. The average Bonchev–Trinajstić information content (AvgIpc) is 2.51. The Balaban J connectivity index is -0.000000807. The summed E-state index contributed by atoms with van der Waals surface area (Å²) in [5.74, 6) is -2.32. The second kappa shape index (κ2) is 16.7. The van der Waals surface area contributed by atoms with Gasteiger partial charge >= 0.3 is 49.7 Å². The van der Waals surface area contributed by atoms with Gasteiger partial charge in [0, 0.05) is 0 Å². The zero-order valence-corrected chi connectivity index (χ0v) is 18.0. The first-order valence-corrected chi connectivity index (χ1v) is 9.48. The molecule has 0 aliphatic carbocycles. The number of hydrogen-bond donors (Lipinski definition) is 2. The van der Waals surface area contributed by atoms with Gasteiger partial charge in [0.2, 0.25) is 0 Å². The van der Waals surface area contributed by atoms with Crippen molar-refractivity contribution in [1.82, 2.24) is 0 Å². The predicted molar refractivity (Wildman–Crippen MR) is 102 cm³/mol. The fourth-order valence-corrected chi connectivity index (χ4v) is 3.06. The van der Waals surface area contributed by atoms with Crippen LogP contribution in [0.5, 0.6) is 0 Å². The van der Waals surface area contributed by atoms with Crippen LogP contribution in [-0.4, -0.2) is 59.9 Å². The molecular formula is C19H38CaO4. The first-order valence-electron chi connectivity index (χ1n) is 9.48. The Kier molecular flexibility index (Phi) is 18.3. The summed E-state index contributed by atoms with van der Waals surface area (Å²) in [6.07, 6.45) is 13.0. The molecule has 140 valence electrons. The molecule has 24 heavy (non-hydrogen) atoms. The summed E-state index contributed by atoms with van der Waals surface area (Å²) in [5, 5.41) is 19.0. The van der Waals surface area contributed by atoms with Crippen LogP contribution in [0.15, 0.2) is 0 Å². The second-order valence-electron chi connectivity index (χ2n) is 6.73. The number of hydrogen-bond acceptors (Lipinski definition) is 2. The van der Waals surface area contributed by atoms with Crippen molar-refractivity contribution in [2.45, 2.75) is 104 Å². The van der Waals surface area contributed by atoms with Gasteiger partial charge in [0.05, 0.1) is 0 Å². The standard InChI is InChI=1S/C19H36O4.Ca.2H/c1-3-5-7-9-11-13-15-19(17(20)21,18(22)23)16-14-12-10-8-6-4-2;;;/h3-16H2,1-2H3,(H,20,21)(H,22,23);;;/q;+2;2*-1. The first kappa shape index (κ1) is 26.4. The van der Waals surface area contributed by atoms with Crippen LogP contribution in [0.2, 0.25) is 0 Å². The molecule has 0 radical (unpaired) electrons. The minimum absolute atomic E-state index is 0. The molecule has 0 aromatic rings. The summed E-state index contributed by atoms with van der Waals surface area (Å²) in [6.45, 7) is 4.31. The largest absolute Gasteiger partial charge is 2.00 e. The fraction of sp³-hybridized carbons (Fsp3) is 0.895. The number of aliphatic carboxylic acids is 2. The Morgan fingerprint density at radius 3 is 1.25 bits per heavy atom. The molecule has 0 amide bonds. The molecule has 2 N–H and O–H groups in total. The van der Waals surface area contributed by atoms with Crippen LogP contribution in [0.1, 0.15) is 107 Å². The van der Waals surface area contributed by atoms with E-state index < -0.39 is 17.4 Å². The minimum Gasteiger partial charge on any atom is -1.00 e. The van der Waals surface area contributed by atoms with E-state index in [4.69, 9.17) is 0 Å². The van der Waals surface area contributed by atoms with Gasteiger partial charge in [0.25, 0.3) is 0 Å². The summed E-state index contributed by atoms with van der Waals surface area (Å²) >= 11 is 0. The van der Waals surface area contributed by atoms with Crippen molar-refractivity contribution >= 4 is 49.7 Å². The van der Waals surface area contributed by atoms with Gasteiger partial charge in [-0.3, -0.25) is 9.59 Å². The monoisotopic (exact) mass is 370 g/mol. The number of unbranched alkanes of at least 4 members (excludes halogenated alkanes) is 10. The zero-order valence-electron chi connectivity index (χ0n) is 17.8. The van der Waals surface area contributed by atoms with Crippen molar-refractivity contribution < 1.29 is 22.7 Å². The van der Waals surface area contributed by atoms with E-state index >= 15 is 0 Å². The maximum absolute atomic E-state index is 11.6. The van der Waals surface area contributed by atoms with Gasteiger partial charge in [-0.15, -0.1) is 0 Å². The fourth-order valence-electron chi connectivity index (χ4n) is 3.06. The Morgan fingerprint density at radius 1 is 0.667 bits per heavy atom. The number of rotatable bonds is 16. The summed E-state index contributed by atoms with van der Waals surface area (Å²) in [4.78, 5) is 23.2. The smallest absolute Gasteiger partial charge is 1.00 e. The van der Waals surface area contributed by atoms with Crippen molar-refractivity contribution in [2.24, 2.45) is 5.41 Å². The third-order valence-corrected chi connectivity index (χ3v) is 4.73. The third kappa shape index (κ3) is 10.9.